The zero-order valence-electron chi connectivity index (χ0n) is 20.0. The average Bonchev–Trinajstić information content (AvgIpc) is 2.82. The molecule has 0 atom stereocenters. The van der Waals surface area contributed by atoms with Gasteiger partial charge in [-0.15, -0.1) is 0 Å². The number of pyridine rings is 2. The van der Waals surface area contributed by atoms with Gasteiger partial charge in [0.2, 0.25) is 0 Å². The Balaban J connectivity index is 0.000000253. The number of rotatable bonds is 4. The number of nitrogens with zero attached hydrogens (tertiary/aromatic N) is 4. The maximum Gasteiger partial charge on any atom is 0.184 e. The van der Waals surface area contributed by atoms with Gasteiger partial charge in [-0.3, -0.25) is 20.8 Å². The van der Waals surface area contributed by atoms with Gasteiger partial charge in [-0.25, -0.2) is 0 Å². The topological polar surface area (TPSA) is 179 Å². The van der Waals surface area contributed by atoms with Gasteiger partial charge in [0.15, 0.2) is 10.2 Å². The van der Waals surface area contributed by atoms with Crippen LogP contribution in [0.5, 0.6) is 0 Å². The number of nitrogen functional groups attached to an aromatic ring is 2. The van der Waals surface area contributed by atoms with Crippen molar-refractivity contribution in [3.05, 3.63) is 71.3 Å². The number of anilines is 2. The molecular formula is C24H26CoN10S2. The predicted octanol–water partition coefficient (Wildman–Crippen LogP) is 2.58. The first-order valence-electron chi connectivity index (χ1n) is 10.6. The Morgan fingerprint density at radius 3 is 1.49 bits per heavy atom. The third kappa shape index (κ3) is 7.53. The smallest absolute Gasteiger partial charge is 0.184 e. The Labute approximate surface area is 235 Å². The van der Waals surface area contributed by atoms with Crippen LogP contribution in [0.15, 0.2) is 59.0 Å². The fourth-order valence-electron chi connectivity index (χ4n) is 3.57. The molecule has 0 aliphatic heterocycles. The molecule has 10 N–H and O–H groups in total. The molecule has 0 aliphatic carbocycles. The first-order valence-corrected chi connectivity index (χ1v) is 11.4. The van der Waals surface area contributed by atoms with Gasteiger partial charge in [-0.05, 0) is 61.5 Å². The second-order valence-electron chi connectivity index (χ2n) is 7.66. The standard InChI is InChI=1S/2C12H13N5S.Co/c2*1-7-5-15-10(6-16-17-12(14)18)8-3-2-4-9(13)11(7)8;/h2*2-6H,13H2,1H3,(H3,14,17,18);. The minimum Gasteiger partial charge on any atom is -0.398 e. The van der Waals surface area contributed by atoms with Crippen LogP contribution in [0.4, 0.5) is 11.4 Å². The van der Waals surface area contributed by atoms with Crippen LogP contribution in [-0.4, -0.2) is 32.6 Å². The van der Waals surface area contributed by atoms with E-state index in [9.17, 15) is 0 Å². The summed E-state index contributed by atoms with van der Waals surface area (Å²) in [7, 11) is 0. The Kier molecular flexibility index (Phi) is 10.6. The van der Waals surface area contributed by atoms with Crippen LogP contribution in [0.25, 0.3) is 21.5 Å². The molecule has 193 valence electrons. The first-order chi connectivity index (χ1) is 17.2. The molecule has 13 heteroatoms. The van der Waals surface area contributed by atoms with Crippen LogP contribution in [0, 0.1) is 13.8 Å². The van der Waals surface area contributed by atoms with Gasteiger partial charge >= 0.3 is 0 Å². The number of nitrogens with two attached hydrogens (primary N) is 4. The number of hydrazone groups is 2. The maximum absolute atomic E-state index is 5.97. The molecule has 4 rings (SSSR count). The van der Waals surface area contributed by atoms with Crippen molar-refractivity contribution < 1.29 is 16.8 Å². The van der Waals surface area contributed by atoms with Crippen LogP contribution in [0.3, 0.4) is 0 Å². The number of aryl methyl sites for hydroxylation is 2. The number of benzene rings is 2. The summed E-state index contributed by atoms with van der Waals surface area (Å²) in [6, 6.07) is 11.4. The van der Waals surface area contributed by atoms with Crippen LogP contribution in [0.2, 0.25) is 0 Å². The molecule has 0 aliphatic rings. The normalized spacial score (nSPS) is 10.6. The Hall–Kier alpha value is -3.91. The van der Waals surface area contributed by atoms with Crippen LogP contribution in [-0.2, 0) is 16.8 Å². The summed E-state index contributed by atoms with van der Waals surface area (Å²) in [5.74, 6) is 0. The molecule has 2 heterocycles. The fourth-order valence-corrected chi connectivity index (χ4v) is 3.67. The second-order valence-corrected chi connectivity index (χ2v) is 8.54. The molecule has 1 radical (unpaired) electrons. The summed E-state index contributed by atoms with van der Waals surface area (Å²) in [4.78, 5) is 8.63. The monoisotopic (exact) mass is 577 g/mol. The zero-order chi connectivity index (χ0) is 26.2. The SMILES string of the molecule is Cc1cnc(C=NNC(N)=S)c2cccc(N)c12.Cc1cnc(C=NNC(N)=S)c2cccc(N)c12.[Co]. The second kappa shape index (κ2) is 13.4. The molecular weight excluding hydrogens is 551 g/mol. The molecule has 2 aromatic heterocycles. The number of hydrogen-bond donors (Lipinski definition) is 6. The summed E-state index contributed by atoms with van der Waals surface area (Å²) in [6.45, 7) is 3.94. The zero-order valence-corrected chi connectivity index (χ0v) is 22.7. The molecule has 0 saturated carbocycles. The number of hydrogen-bond acceptors (Lipinski definition) is 8. The third-order valence-corrected chi connectivity index (χ3v) is 5.23. The molecule has 0 unspecified atom stereocenters. The van der Waals surface area contributed by atoms with Crippen molar-refractivity contribution in [3.8, 4) is 0 Å². The summed E-state index contributed by atoms with van der Waals surface area (Å²) < 4.78 is 0. The van der Waals surface area contributed by atoms with Gasteiger partial charge < -0.3 is 22.9 Å². The van der Waals surface area contributed by atoms with Crippen molar-refractivity contribution in [3.63, 3.8) is 0 Å². The summed E-state index contributed by atoms with van der Waals surface area (Å²) in [5, 5.41) is 11.9. The van der Waals surface area contributed by atoms with Gasteiger partial charge in [-0.2, -0.15) is 10.2 Å². The molecule has 0 amide bonds. The fraction of sp³-hybridized carbons (Fsp3) is 0.0833. The average molecular weight is 578 g/mol. The molecule has 0 saturated heterocycles. The Morgan fingerprint density at radius 2 is 1.14 bits per heavy atom. The first kappa shape index (κ1) is 29.3. The molecule has 2 aromatic carbocycles. The van der Waals surface area contributed by atoms with Gasteiger partial charge in [0.1, 0.15) is 0 Å². The predicted molar refractivity (Wildman–Crippen MR) is 157 cm³/mol. The molecule has 4 aromatic rings. The van der Waals surface area contributed by atoms with Crippen molar-refractivity contribution >= 4 is 80.0 Å². The summed E-state index contributed by atoms with van der Waals surface area (Å²) in [6.07, 6.45) is 6.67. The maximum atomic E-state index is 5.97. The quantitative estimate of drug-likeness (QED) is 0.0914. The third-order valence-electron chi connectivity index (χ3n) is 5.05. The van der Waals surface area contributed by atoms with E-state index in [1.165, 1.54) is 0 Å². The molecule has 0 fully saturated rings. The number of nitrogens with one attached hydrogen (secondary N) is 2. The van der Waals surface area contributed by atoms with Gasteiger partial charge in [0.25, 0.3) is 0 Å². The molecule has 37 heavy (non-hydrogen) atoms. The largest absolute Gasteiger partial charge is 0.398 e. The van der Waals surface area contributed by atoms with E-state index in [0.29, 0.717) is 11.4 Å². The van der Waals surface area contributed by atoms with Gasteiger partial charge in [0, 0.05) is 62.1 Å². The van der Waals surface area contributed by atoms with E-state index < -0.39 is 0 Å². The van der Waals surface area contributed by atoms with E-state index in [2.05, 4.69) is 55.5 Å². The number of thiocarbonyl (C=S) groups is 2. The van der Waals surface area contributed by atoms with Crippen LogP contribution >= 0.6 is 24.4 Å². The van der Waals surface area contributed by atoms with Crippen molar-refractivity contribution in [2.24, 2.45) is 21.7 Å². The molecule has 10 nitrogen and oxygen atoms in total. The number of aromatic nitrogens is 2. The van der Waals surface area contributed by atoms with Crippen LogP contribution < -0.4 is 33.8 Å². The Bertz CT molecular complexity index is 1370. The van der Waals surface area contributed by atoms with E-state index in [-0.39, 0.29) is 27.0 Å². The van der Waals surface area contributed by atoms with Gasteiger partial charge in [0.05, 0.1) is 23.8 Å². The van der Waals surface area contributed by atoms with Crippen molar-refractivity contribution in [1.82, 2.24) is 20.8 Å². The van der Waals surface area contributed by atoms with E-state index in [4.69, 9.17) is 22.9 Å². The van der Waals surface area contributed by atoms with E-state index >= 15 is 0 Å². The minimum absolute atomic E-state index is 0. The van der Waals surface area contributed by atoms with E-state index in [0.717, 1.165) is 44.0 Å². The molecule has 0 spiro atoms. The van der Waals surface area contributed by atoms with E-state index in [1.807, 2.05) is 50.2 Å². The summed E-state index contributed by atoms with van der Waals surface area (Å²) in [5.41, 5.74) is 32.4. The van der Waals surface area contributed by atoms with Crippen molar-refractivity contribution in [1.29, 1.82) is 0 Å². The summed E-state index contributed by atoms with van der Waals surface area (Å²) >= 11 is 9.32. The number of fused-ring (bicyclic) bond motifs is 2. The van der Waals surface area contributed by atoms with E-state index in [1.54, 1.807) is 24.8 Å². The van der Waals surface area contributed by atoms with Crippen molar-refractivity contribution in [2.75, 3.05) is 11.5 Å². The minimum atomic E-state index is 0. The molecule has 0 bridgehead atoms. The van der Waals surface area contributed by atoms with Crippen molar-refractivity contribution in [2.45, 2.75) is 13.8 Å². The Morgan fingerprint density at radius 1 is 0.757 bits per heavy atom. The van der Waals surface area contributed by atoms with Gasteiger partial charge in [-0.1, -0.05) is 24.3 Å². The van der Waals surface area contributed by atoms with Crippen LogP contribution in [0.1, 0.15) is 22.5 Å².